The van der Waals surface area contributed by atoms with Gasteiger partial charge in [0.25, 0.3) is 0 Å². The molecule has 19 heavy (non-hydrogen) atoms. The number of aryl methyl sites for hydroxylation is 3. The summed E-state index contributed by atoms with van der Waals surface area (Å²) >= 11 is 0. The normalized spacial score (nSPS) is 10.9. The Morgan fingerprint density at radius 3 is 2.47 bits per heavy atom. The second-order valence-corrected chi connectivity index (χ2v) is 5.13. The molecule has 0 atom stereocenters. The van der Waals surface area contributed by atoms with Gasteiger partial charge in [0.05, 0.1) is 6.20 Å². The number of nitrogens with zero attached hydrogens (tertiary/aromatic N) is 1. The van der Waals surface area contributed by atoms with Crippen molar-refractivity contribution in [1.82, 2.24) is 10.5 Å². The van der Waals surface area contributed by atoms with Crippen molar-refractivity contribution >= 4 is 0 Å². The molecule has 1 heterocycles. The topological polar surface area (TPSA) is 38.1 Å². The van der Waals surface area contributed by atoms with E-state index in [1.807, 2.05) is 6.20 Å². The summed E-state index contributed by atoms with van der Waals surface area (Å²) in [6.07, 6.45) is 2.94. The first kappa shape index (κ1) is 13.8. The van der Waals surface area contributed by atoms with Crippen LogP contribution in [-0.4, -0.2) is 11.7 Å². The van der Waals surface area contributed by atoms with Gasteiger partial charge in [-0.15, -0.1) is 0 Å². The SMILES string of the molecule is CCCNCc1cnoc1-c1c(C)cc(C)cc1C. The fourth-order valence-corrected chi connectivity index (χ4v) is 2.53. The number of nitrogens with one attached hydrogen (secondary N) is 1. The Kier molecular flexibility index (Phi) is 4.38. The standard InChI is InChI=1S/C16H22N2O/c1-5-6-17-9-14-10-18-19-16(14)15-12(3)7-11(2)8-13(15)4/h7-8,10,17H,5-6,9H2,1-4H3. The molecule has 1 aromatic heterocycles. The third-order valence-corrected chi connectivity index (χ3v) is 3.29. The number of rotatable bonds is 5. The zero-order valence-corrected chi connectivity index (χ0v) is 12.2. The molecular weight excluding hydrogens is 236 g/mol. The van der Waals surface area contributed by atoms with Gasteiger partial charge in [0.2, 0.25) is 0 Å². The van der Waals surface area contributed by atoms with Crippen molar-refractivity contribution in [3.05, 3.63) is 40.6 Å². The maximum absolute atomic E-state index is 5.49. The van der Waals surface area contributed by atoms with Crippen LogP contribution in [0, 0.1) is 20.8 Å². The molecular formula is C16H22N2O. The van der Waals surface area contributed by atoms with Gasteiger partial charge in [-0.3, -0.25) is 0 Å². The van der Waals surface area contributed by atoms with E-state index in [-0.39, 0.29) is 0 Å². The van der Waals surface area contributed by atoms with Crippen LogP contribution < -0.4 is 5.32 Å². The molecule has 2 rings (SSSR count). The minimum atomic E-state index is 0.805. The highest BCUT2D eigenvalue weighted by molar-refractivity contribution is 5.69. The molecule has 1 N–H and O–H groups in total. The van der Waals surface area contributed by atoms with E-state index in [1.165, 1.54) is 22.3 Å². The van der Waals surface area contributed by atoms with Crippen molar-refractivity contribution < 1.29 is 4.52 Å². The largest absolute Gasteiger partial charge is 0.356 e. The lowest BCUT2D eigenvalue weighted by molar-refractivity contribution is 0.431. The Labute approximate surface area is 115 Å². The number of aromatic nitrogens is 1. The van der Waals surface area contributed by atoms with Crippen molar-refractivity contribution in [2.75, 3.05) is 6.54 Å². The van der Waals surface area contributed by atoms with Gasteiger partial charge in [-0.05, 0) is 44.9 Å². The predicted octanol–water partition coefficient (Wildman–Crippen LogP) is 3.77. The van der Waals surface area contributed by atoms with Crippen LogP contribution in [0.15, 0.2) is 22.9 Å². The highest BCUT2D eigenvalue weighted by atomic mass is 16.5. The van der Waals surface area contributed by atoms with Gasteiger partial charge in [0.1, 0.15) is 0 Å². The van der Waals surface area contributed by atoms with Crippen LogP contribution in [0.4, 0.5) is 0 Å². The van der Waals surface area contributed by atoms with Crippen LogP contribution in [0.25, 0.3) is 11.3 Å². The molecule has 0 fully saturated rings. The summed E-state index contributed by atoms with van der Waals surface area (Å²) in [6.45, 7) is 10.3. The van der Waals surface area contributed by atoms with Crippen molar-refractivity contribution in [3.8, 4) is 11.3 Å². The van der Waals surface area contributed by atoms with Crippen LogP contribution in [0.2, 0.25) is 0 Å². The molecule has 0 aliphatic heterocycles. The molecule has 0 saturated carbocycles. The zero-order valence-electron chi connectivity index (χ0n) is 12.2. The van der Waals surface area contributed by atoms with Crippen LogP contribution in [0.1, 0.15) is 35.6 Å². The zero-order chi connectivity index (χ0) is 13.8. The summed E-state index contributed by atoms with van der Waals surface area (Å²) in [5.74, 6) is 0.901. The molecule has 0 saturated heterocycles. The molecule has 0 unspecified atom stereocenters. The van der Waals surface area contributed by atoms with Crippen LogP contribution in [0.3, 0.4) is 0 Å². The third-order valence-electron chi connectivity index (χ3n) is 3.29. The number of hydrogen-bond acceptors (Lipinski definition) is 3. The third kappa shape index (κ3) is 3.04. The Balaban J connectivity index is 2.35. The second kappa shape index (κ2) is 6.02. The van der Waals surface area contributed by atoms with E-state index in [0.29, 0.717) is 0 Å². The lowest BCUT2D eigenvalue weighted by Crippen LogP contribution is -2.13. The van der Waals surface area contributed by atoms with E-state index in [1.54, 1.807) is 0 Å². The molecule has 102 valence electrons. The van der Waals surface area contributed by atoms with Gasteiger partial charge in [-0.2, -0.15) is 0 Å². The van der Waals surface area contributed by atoms with Crippen LogP contribution in [0.5, 0.6) is 0 Å². The van der Waals surface area contributed by atoms with E-state index in [4.69, 9.17) is 4.52 Å². The molecule has 0 aliphatic rings. The summed E-state index contributed by atoms with van der Waals surface area (Å²) in [6, 6.07) is 4.38. The molecule has 2 aromatic rings. The molecule has 1 aromatic carbocycles. The molecule has 0 spiro atoms. The van der Waals surface area contributed by atoms with E-state index < -0.39 is 0 Å². The maximum Gasteiger partial charge on any atom is 0.171 e. The fourth-order valence-electron chi connectivity index (χ4n) is 2.53. The Morgan fingerprint density at radius 1 is 1.16 bits per heavy atom. The molecule has 3 nitrogen and oxygen atoms in total. The first-order chi connectivity index (χ1) is 9.13. The average Bonchev–Trinajstić information content (AvgIpc) is 2.76. The summed E-state index contributed by atoms with van der Waals surface area (Å²) < 4.78 is 5.49. The van der Waals surface area contributed by atoms with Crippen molar-refractivity contribution in [3.63, 3.8) is 0 Å². The lowest BCUT2D eigenvalue weighted by atomic mass is 9.96. The molecule has 3 heteroatoms. The molecule has 0 aliphatic carbocycles. The van der Waals surface area contributed by atoms with Crippen LogP contribution >= 0.6 is 0 Å². The van der Waals surface area contributed by atoms with Gasteiger partial charge in [-0.1, -0.05) is 29.8 Å². The second-order valence-electron chi connectivity index (χ2n) is 5.13. The van der Waals surface area contributed by atoms with E-state index >= 15 is 0 Å². The summed E-state index contributed by atoms with van der Waals surface area (Å²) in [5, 5.41) is 7.36. The lowest BCUT2D eigenvalue weighted by Gasteiger charge is -2.10. The molecule has 0 bridgehead atoms. The highest BCUT2D eigenvalue weighted by Crippen LogP contribution is 2.30. The van der Waals surface area contributed by atoms with Gasteiger partial charge in [0.15, 0.2) is 5.76 Å². The average molecular weight is 258 g/mol. The minimum Gasteiger partial charge on any atom is -0.356 e. The van der Waals surface area contributed by atoms with Crippen molar-refractivity contribution in [2.24, 2.45) is 0 Å². The van der Waals surface area contributed by atoms with Gasteiger partial charge < -0.3 is 9.84 Å². The van der Waals surface area contributed by atoms with E-state index in [0.717, 1.165) is 30.8 Å². The number of hydrogen-bond donors (Lipinski definition) is 1. The first-order valence-corrected chi connectivity index (χ1v) is 6.86. The van der Waals surface area contributed by atoms with Crippen LogP contribution in [-0.2, 0) is 6.54 Å². The van der Waals surface area contributed by atoms with E-state index in [2.05, 4.69) is 50.3 Å². The van der Waals surface area contributed by atoms with Gasteiger partial charge in [0, 0.05) is 17.7 Å². The summed E-state index contributed by atoms with van der Waals surface area (Å²) in [4.78, 5) is 0. The maximum atomic E-state index is 5.49. The fraction of sp³-hybridized carbons (Fsp3) is 0.438. The molecule has 0 radical (unpaired) electrons. The highest BCUT2D eigenvalue weighted by Gasteiger charge is 2.15. The molecule has 0 amide bonds. The quantitative estimate of drug-likeness (QED) is 0.830. The van der Waals surface area contributed by atoms with Gasteiger partial charge in [-0.25, -0.2) is 0 Å². The summed E-state index contributed by atoms with van der Waals surface area (Å²) in [5.41, 5.74) is 6.07. The first-order valence-electron chi connectivity index (χ1n) is 6.86. The Hall–Kier alpha value is -1.61. The number of benzene rings is 1. The minimum absolute atomic E-state index is 0.805. The van der Waals surface area contributed by atoms with E-state index in [9.17, 15) is 0 Å². The van der Waals surface area contributed by atoms with Crippen molar-refractivity contribution in [1.29, 1.82) is 0 Å². The Morgan fingerprint density at radius 2 is 1.84 bits per heavy atom. The Bertz CT molecular complexity index is 535. The van der Waals surface area contributed by atoms with Crippen molar-refractivity contribution in [2.45, 2.75) is 40.7 Å². The predicted molar refractivity (Wildman–Crippen MR) is 78.1 cm³/mol. The summed E-state index contributed by atoms with van der Waals surface area (Å²) in [7, 11) is 0. The smallest absolute Gasteiger partial charge is 0.171 e. The van der Waals surface area contributed by atoms with Gasteiger partial charge >= 0.3 is 0 Å². The monoisotopic (exact) mass is 258 g/mol.